The largest absolute Gasteiger partial charge is 0.339 e. The van der Waals surface area contributed by atoms with E-state index in [9.17, 15) is 4.79 Å². The summed E-state index contributed by atoms with van der Waals surface area (Å²) in [6, 6.07) is 0.495. The molecule has 22 heavy (non-hydrogen) atoms. The molecule has 2 fully saturated rings. The van der Waals surface area contributed by atoms with Gasteiger partial charge >= 0.3 is 0 Å². The fourth-order valence-corrected chi connectivity index (χ4v) is 4.53. The van der Waals surface area contributed by atoms with Crippen molar-refractivity contribution in [1.29, 1.82) is 0 Å². The maximum Gasteiger partial charge on any atom is 0.227 e. The predicted molar refractivity (Wildman–Crippen MR) is 87.6 cm³/mol. The monoisotopic (exact) mass is 303 g/mol. The molecule has 1 amide bonds. The Morgan fingerprint density at radius 3 is 2.73 bits per heavy atom. The summed E-state index contributed by atoms with van der Waals surface area (Å²) in [5, 5.41) is 4.45. The van der Waals surface area contributed by atoms with Gasteiger partial charge in [0.1, 0.15) is 0 Å². The van der Waals surface area contributed by atoms with E-state index in [2.05, 4.69) is 23.8 Å². The van der Waals surface area contributed by atoms with E-state index in [1.165, 1.54) is 32.1 Å². The van der Waals surface area contributed by atoms with E-state index in [1.807, 2.05) is 18.7 Å². The Hall–Kier alpha value is -1.32. The minimum absolute atomic E-state index is 0.309. The summed E-state index contributed by atoms with van der Waals surface area (Å²) in [4.78, 5) is 15.1. The molecule has 3 rings (SSSR count). The molecule has 2 aliphatic rings. The van der Waals surface area contributed by atoms with Crippen molar-refractivity contribution < 1.29 is 4.79 Å². The molecule has 0 spiro atoms. The second kappa shape index (κ2) is 6.05. The fourth-order valence-electron chi connectivity index (χ4n) is 4.53. The quantitative estimate of drug-likeness (QED) is 0.842. The summed E-state index contributed by atoms with van der Waals surface area (Å²) >= 11 is 0. The van der Waals surface area contributed by atoms with E-state index in [0.717, 1.165) is 35.3 Å². The van der Waals surface area contributed by atoms with E-state index in [1.54, 1.807) is 0 Å². The third-order valence-electron chi connectivity index (χ3n) is 5.89. The van der Waals surface area contributed by atoms with Crippen molar-refractivity contribution in [3.8, 4) is 0 Å². The first-order valence-electron chi connectivity index (χ1n) is 8.76. The average Bonchev–Trinajstić information content (AvgIpc) is 2.72. The van der Waals surface area contributed by atoms with Crippen molar-refractivity contribution in [3.63, 3.8) is 0 Å². The van der Waals surface area contributed by atoms with Gasteiger partial charge in [0.15, 0.2) is 0 Å². The molecule has 4 nitrogen and oxygen atoms in total. The van der Waals surface area contributed by atoms with Gasteiger partial charge in [0.25, 0.3) is 0 Å². The minimum atomic E-state index is 0.309. The van der Waals surface area contributed by atoms with Gasteiger partial charge in [-0.25, -0.2) is 0 Å². The van der Waals surface area contributed by atoms with E-state index < -0.39 is 0 Å². The van der Waals surface area contributed by atoms with Gasteiger partial charge in [-0.15, -0.1) is 0 Å². The van der Waals surface area contributed by atoms with Crippen LogP contribution < -0.4 is 0 Å². The molecule has 1 aliphatic carbocycles. The van der Waals surface area contributed by atoms with Crippen molar-refractivity contribution in [1.82, 2.24) is 14.7 Å². The van der Waals surface area contributed by atoms with Crippen LogP contribution in [0.4, 0.5) is 0 Å². The molecule has 1 aliphatic heterocycles. The Bertz CT molecular complexity index is 563. The highest BCUT2D eigenvalue weighted by atomic mass is 16.2. The Labute approximate surface area is 133 Å². The van der Waals surface area contributed by atoms with E-state index in [4.69, 9.17) is 0 Å². The highest BCUT2D eigenvalue weighted by Gasteiger charge is 2.37. The summed E-state index contributed by atoms with van der Waals surface area (Å²) in [7, 11) is 1.95. The van der Waals surface area contributed by atoms with Gasteiger partial charge < -0.3 is 4.90 Å². The molecule has 0 bridgehead atoms. The number of aryl methyl sites for hydroxylation is 2. The van der Waals surface area contributed by atoms with Crippen LogP contribution in [-0.4, -0.2) is 33.2 Å². The maximum absolute atomic E-state index is 12.9. The molecule has 0 unspecified atom stereocenters. The van der Waals surface area contributed by atoms with Gasteiger partial charge in [0.2, 0.25) is 5.91 Å². The van der Waals surface area contributed by atoms with Crippen LogP contribution in [0.1, 0.15) is 56.0 Å². The van der Waals surface area contributed by atoms with Crippen molar-refractivity contribution in [2.75, 3.05) is 6.54 Å². The van der Waals surface area contributed by atoms with Crippen LogP contribution in [0.5, 0.6) is 0 Å². The maximum atomic E-state index is 12.9. The van der Waals surface area contributed by atoms with E-state index in [-0.39, 0.29) is 0 Å². The number of hydrogen-bond donors (Lipinski definition) is 0. The molecule has 0 radical (unpaired) electrons. The molecule has 2 heterocycles. The lowest BCUT2D eigenvalue weighted by molar-refractivity contribution is -0.137. The summed E-state index contributed by atoms with van der Waals surface area (Å²) in [5.74, 6) is 1.88. The number of carbonyl (C=O) groups excluding carboxylic acids is 1. The molecule has 1 saturated heterocycles. The second-order valence-electron chi connectivity index (χ2n) is 7.42. The molecular weight excluding hydrogens is 274 g/mol. The van der Waals surface area contributed by atoms with Crippen molar-refractivity contribution in [2.24, 2.45) is 18.9 Å². The van der Waals surface area contributed by atoms with Crippen LogP contribution in [0.2, 0.25) is 0 Å². The minimum Gasteiger partial charge on any atom is -0.339 e. The lowest BCUT2D eigenvalue weighted by atomic mass is 9.74. The molecule has 4 heteroatoms. The molecule has 3 atom stereocenters. The van der Waals surface area contributed by atoms with E-state index in [0.29, 0.717) is 18.4 Å². The Morgan fingerprint density at radius 2 is 2.05 bits per heavy atom. The van der Waals surface area contributed by atoms with Crippen LogP contribution in [-0.2, 0) is 18.3 Å². The molecule has 0 N–H and O–H groups in total. The zero-order valence-electron chi connectivity index (χ0n) is 14.4. The van der Waals surface area contributed by atoms with Gasteiger partial charge in [0, 0.05) is 30.9 Å². The molecule has 1 saturated carbocycles. The third kappa shape index (κ3) is 2.80. The summed E-state index contributed by atoms with van der Waals surface area (Å²) in [6.45, 7) is 7.38. The molecule has 1 aromatic rings. The number of piperidine rings is 1. The summed E-state index contributed by atoms with van der Waals surface area (Å²) < 4.78 is 1.89. The molecule has 1 aromatic heterocycles. The third-order valence-corrected chi connectivity index (χ3v) is 5.89. The Balaban J connectivity index is 1.74. The second-order valence-corrected chi connectivity index (χ2v) is 7.42. The number of aromatic nitrogens is 2. The molecule has 0 aromatic carbocycles. The van der Waals surface area contributed by atoms with Gasteiger partial charge in [-0.1, -0.05) is 6.92 Å². The van der Waals surface area contributed by atoms with Gasteiger partial charge in [-0.2, -0.15) is 5.10 Å². The van der Waals surface area contributed by atoms with Gasteiger partial charge in [0.05, 0.1) is 12.1 Å². The predicted octanol–water partition coefficient (Wildman–Crippen LogP) is 3.01. The first-order valence-corrected chi connectivity index (χ1v) is 8.76. The fraction of sp³-hybridized carbons (Fsp3) is 0.778. The Morgan fingerprint density at radius 1 is 1.27 bits per heavy atom. The zero-order valence-corrected chi connectivity index (χ0v) is 14.4. The number of fused-ring (bicyclic) bond motifs is 1. The number of nitrogens with zero attached hydrogens (tertiary/aromatic N) is 3. The summed E-state index contributed by atoms with van der Waals surface area (Å²) in [5.41, 5.74) is 3.25. The summed E-state index contributed by atoms with van der Waals surface area (Å²) in [6.07, 6.45) is 6.77. The topological polar surface area (TPSA) is 38.1 Å². The smallest absolute Gasteiger partial charge is 0.227 e. The molecular formula is C18H29N3O. The van der Waals surface area contributed by atoms with Crippen LogP contribution in [0.15, 0.2) is 0 Å². The standard InChI is InChI=1S/C18H29N3O/c1-12-7-8-17-15(10-12)6-5-9-21(17)18(22)11-16-13(2)19-20(4)14(16)3/h12,15,17H,5-11H2,1-4H3/t12-,15-,17-/m1/s1. The first kappa shape index (κ1) is 15.6. The highest BCUT2D eigenvalue weighted by Crippen LogP contribution is 2.38. The molecule has 122 valence electrons. The number of likely N-dealkylation sites (tertiary alicyclic amines) is 1. The average molecular weight is 303 g/mol. The zero-order chi connectivity index (χ0) is 15.9. The number of carbonyl (C=O) groups is 1. The first-order chi connectivity index (χ1) is 10.5. The normalized spacial score (nSPS) is 28.5. The number of amides is 1. The van der Waals surface area contributed by atoms with Crippen LogP contribution >= 0.6 is 0 Å². The highest BCUT2D eigenvalue weighted by molar-refractivity contribution is 5.79. The number of hydrogen-bond acceptors (Lipinski definition) is 2. The van der Waals surface area contributed by atoms with Crippen molar-refractivity contribution in [3.05, 3.63) is 17.0 Å². The van der Waals surface area contributed by atoms with Gasteiger partial charge in [-0.3, -0.25) is 9.48 Å². The van der Waals surface area contributed by atoms with Gasteiger partial charge in [-0.05, 0) is 57.8 Å². The lowest BCUT2D eigenvalue weighted by Gasteiger charge is -2.45. The van der Waals surface area contributed by atoms with Crippen LogP contribution in [0, 0.1) is 25.7 Å². The SMILES string of the molecule is Cc1nn(C)c(C)c1CC(=O)N1CCC[C@@H]2C[C@H](C)CC[C@H]21. The van der Waals surface area contributed by atoms with Crippen LogP contribution in [0.3, 0.4) is 0 Å². The van der Waals surface area contributed by atoms with Crippen molar-refractivity contribution in [2.45, 2.75) is 65.3 Å². The lowest BCUT2D eigenvalue weighted by Crippen LogP contribution is -2.51. The van der Waals surface area contributed by atoms with E-state index >= 15 is 0 Å². The Kier molecular flexibility index (Phi) is 4.28. The van der Waals surface area contributed by atoms with Crippen LogP contribution in [0.25, 0.3) is 0 Å². The number of rotatable bonds is 2. The van der Waals surface area contributed by atoms with Crippen molar-refractivity contribution >= 4 is 5.91 Å².